The minimum Gasteiger partial charge on any atom is -0.394 e. The van der Waals surface area contributed by atoms with Crippen LogP contribution in [0.1, 0.15) is 19.8 Å². The van der Waals surface area contributed by atoms with E-state index in [9.17, 15) is 46.2 Å². The van der Waals surface area contributed by atoms with Crippen LogP contribution in [0.25, 0.3) is 4.98 Å². The molecule has 19 unspecified atom stereocenters. The predicted octanol–water partition coefficient (Wildman–Crippen LogP) is -6.52. The van der Waals surface area contributed by atoms with E-state index in [1.165, 1.54) is 0 Å². The Hall–Kier alpha value is -1.26. The third kappa shape index (κ3) is 6.81. The molecular weight excluding hydrogens is 582 g/mol. The molecule has 1 aliphatic carbocycles. The van der Waals surface area contributed by atoms with E-state index >= 15 is 0 Å². The topological polar surface area (TPSA) is 323 Å². The van der Waals surface area contributed by atoms with Crippen molar-refractivity contribution in [3.63, 3.8) is 0 Å². The maximum atomic E-state index is 11.1. The number of rotatable bonds is 9. The maximum Gasteiger partial charge on any atom is 0.343 e. The molecule has 0 radical (unpaired) electrons. The molecule has 4 fully saturated rings. The summed E-state index contributed by atoms with van der Waals surface area (Å²) in [5.74, 6) is 0. The SMILES string of the molecule is CCC1OC(OC2C(CO)OC(OC3C(O)C([N+]#N)CC(N)C3OC3OC(CO)C(O)C(O)C3N)C2O)C(N)C(O)C1O. The molecule has 4 rings (SSSR count). The molecule has 0 amide bonds. The molecule has 1 saturated carbocycles. The molecular formula is C24H44N5O14+. The third-order valence-corrected chi connectivity index (χ3v) is 8.56. The molecule has 248 valence electrons. The zero-order chi connectivity index (χ0) is 31.7. The summed E-state index contributed by atoms with van der Waals surface area (Å²) in [5.41, 5.74) is 18.3. The summed E-state index contributed by atoms with van der Waals surface area (Å²) in [7, 11) is 0. The number of hydrogen-bond donors (Lipinski definition) is 11. The molecule has 14 N–H and O–H groups in total. The van der Waals surface area contributed by atoms with Crippen LogP contribution in [-0.4, -0.2) is 170 Å². The van der Waals surface area contributed by atoms with Crippen LogP contribution in [0.5, 0.6) is 0 Å². The predicted molar refractivity (Wildman–Crippen MR) is 139 cm³/mol. The third-order valence-electron chi connectivity index (χ3n) is 8.56. The summed E-state index contributed by atoms with van der Waals surface area (Å²) in [6.45, 7) is 0.372. The van der Waals surface area contributed by atoms with Gasteiger partial charge in [0, 0.05) is 6.04 Å². The van der Waals surface area contributed by atoms with E-state index < -0.39 is 129 Å². The van der Waals surface area contributed by atoms with Crippen molar-refractivity contribution in [3.8, 4) is 0 Å². The molecule has 0 bridgehead atoms. The zero-order valence-corrected chi connectivity index (χ0v) is 23.5. The van der Waals surface area contributed by atoms with Gasteiger partial charge in [-0.05, 0) is 6.42 Å². The number of aliphatic hydroxyl groups excluding tert-OH is 8. The Labute approximate surface area is 246 Å². The molecule has 3 aliphatic heterocycles. The van der Waals surface area contributed by atoms with E-state index in [4.69, 9.17) is 45.6 Å². The second-order valence-electron chi connectivity index (χ2n) is 11.4. The first-order valence-electron chi connectivity index (χ1n) is 14.2. The van der Waals surface area contributed by atoms with E-state index in [1.54, 1.807) is 6.92 Å². The van der Waals surface area contributed by atoms with Crippen molar-refractivity contribution in [3.05, 3.63) is 4.98 Å². The minimum atomic E-state index is -1.64. The first-order valence-corrected chi connectivity index (χ1v) is 14.2. The van der Waals surface area contributed by atoms with E-state index in [-0.39, 0.29) is 6.42 Å². The number of diazo groups is 1. The first-order chi connectivity index (χ1) is 20.4. The lowest BCUT2D eigenvalue weighted by Gasteiger charge is -2.45. The maximum absolute atomic E-state index is 11.1. The van der Waals surface area contributed by atoms with E-state index in [0.717, 1.165) is 0 Å². The highest BCUT2D eigenvalue weighted by molar-refractivity contribution is 5.05. The van der Waals surface area contributed by atoms with Crippen LogP contribution in [-0.2, 0) is 28.4 Å². The van der Waals surface area contributed by atoms with Gasteiger partial charge in [0.05, 0.1) is 37.8 Å². The van der Waals surface area contributed by atoms with Gasteiger partial charge in [0.15, 0.2) is 25.0 Å². The van der Waals surface area contributed by atoms with Gasteiger partial charge in [0.1, 0.15) is 66.0 Å². The fraction of sp³-hybridized carbons (Fsp3) is 1.00. The average Bonchev–Trinajstić information content (AvgIpc) is 3.29. The van der Waals surface area contributed by atoms with Gasteiger partial charge in [0.2, 0.25) is 5.39 Å². The van der Waals surface area contributed by atoms with Crippen LogP contribution in [0.2, 0.25) is 0 Å². The van der Waals surface area contributed by atoms with E-state index in [1.807, 2.05) is 0 Å². The largest absolute Gasteiger partial charge is 0.394 e. The van der Waals surface area contributed by atoms with Gasteiger partial charge in [-0.1, -0.05) is 6.92 Å². The van der Waals surface area contributed by atoms with Gasteiger partial charge in [-0.25, -0.2) is 0 Å². The fourth-order valence-corrected chi connectivity index (χ4v) is 5.90. The number of ether oxygens (including phenoxy) is 6. The smallest absolute Gasteiger partial charge is 0.343 e. The van der Waals surface area contributed by atoms with Crippen LogP contribution in [0, 0.1) is 5.39 Å². The lowest BCUT2D eigenvalue weighted by Crippen LogP contribution is -2.67. The Balaban J connectivity index is 1.52. The highest BCUT2D eigenvalue weighted by Gasteiger charge is 2.57. The molecule has 0 aromatic rings. The summed E-state index contributed by atoms with van der Waals surface area (Å²) in [6, 6.07) is -4.67. The Morgan fingerprint density at radius 1 is 0.651 bits per heavy atom. The first kappa shape index (κ1) is 34.6. The molecule has 0 aromatic carbocycles. The molecule has 19 atom stereocenters. The van der Waals surface area contributed by atoms with Crippen molar-refractivity contribution < 1.29 is 69.3 Å². The van der Waals surface area contributed by atoms with Gasteiger partial charge in [-0.3, -0.25) is 0 Å². The van der Waals surface area contributed by atoms with Crippen molar-refractivity contribution in [2.45, 2.75) is 136 Å². The molecule has 3 heterocycles. The Kier molecular flexibility index (Phi) is 11.6. The minimum absolute atomic E-state index is 0.0957. The second-order valence-corrected chi connectivity index (χ2v) is 11.4. The van der Waals surface area contributed by atoms with Crippen LogP contribution in [0.15, 0.2) is 0 Å². The summed E-state index contributed by atoms with van der Waals surface area (Å²) in [5, 5.41) is 92.1. The standard InChI is InChI=1S/C24H44N5O14/c1-2-8-14(33)16(35)11(26)22(38-8)42-20-10(5-31)40-24(18(20)37)43-21-13(32)7(29-28)3-6(25)19(21)41-23-12(27)17(36)15(34)9(4-30)39-23/h6-24,30-37H,2-5,25-27H2,1H3/q+1. The molecule has 0 aromatic heterocycles. The number of nitrogens with zero attached hydrogens (tertiary/aromatic N) is 2. The van der Waals surface area contributed by atoms with Gasteiger partial charge >= 0.3 is 6.04 Å². The van der Waals surface area contributed by atoms with Crippen LogP contribution < -0.4 is 17.2 Å². The van der Waals surface area contributed by atoms with Crippen molar-refractivity contribution >= 4 is 0 Å². The van der Waals surface area contributed by atoms with Crippen LogP contribution >= 0.6 is 0 Å². The summed E-state index contributed by atoms with van der Waals surface area (Å²) in [6.07, 6.45) is -20.5. The van der Waals surface area contributed by atoms with E-state index in [0.29, 0.717) is 6.42 Å². The molecule has 3 saturated heterocycles. The van der Waals surface area contributed by atoms with Gasteiger partial charge in [0.25, 0.3) is 0 Å². The van der Waals surface area contributed by atoms with E-state index in [2.05, 4.69) is 4.98 Å². The number of hydrogen-bond acceptors (Lipinski definition) is 18. The van der Waals surface area contributed by atoms with Gasteiger partial charge in [-0.2, -0.15) is 0 Å². The fourth-order valence-electron chi connectivity index (χ4n) is 5.90. The lowest BCUT2D eigenvalue weighted by molar-refractivity contribution is -0.310. The highest BCUT2D eigenvalue weighted by atomic mass is 16.8. The summed E-state index contributed by atoms with van der Waals surface area (Å²) in [4.78, 5) is 3.16. The summed E-state index contributed by atoms with van der Waals surface area (Å²) >= 11 is 0. The normalized spacial score (nSPS) is 52.6. The van der Waals surface area contributed by atoms with Crippen molar-refractivity contribution in [2.75, 3.05) is 13.2 Å². The van der Waals surface area contributed by atoms with Crippen molar-refractivity contribution in [1.29, 1.82) is 5.39 Å². The molecule has 4 aliphatic rings. The monoisotopic (exact) mass is 626 g/mol. The second kappa shape index (κ2) is 14.4. The molecule has 43 heavy (non-hydrogen) atoms. The lowest BCUT2D eigenvalue weighted by atomic mass is 9.84. The Morgan fingerprint density at radius 2 is 1.14 bits per heavy atom. The van der Waals surface area contributed by atoms with Gasteiger partial charge in [-0.15, -0.1) is 0 Å². The molecule has 19 heteroatoms. The van der Waals surface area contributed by atoms with Crippen molar-refractivity contribution in [1.82, 2.24) is 0 Å². The average molecular weight is 627 g/mol. The molecule has 0 spiro atoms. The van der Waals surface area contributed by atoms with Gasteiger partial charge < -0.3 is 86.5 Å². The molecule has 19 nitrogen and oxygen atoms in total. The van der Waals surface area contributed by atoms with Crippen LogP contribution in [0.3, 0.4) is 0 Å². The van der Waals surface area contributed by atoms with Crippen LogP contribution in [0.4, 0.5) is 0 Å². The number of nitrogens with two attached hydrogens (primary N) is 3. The number of aliphatic hydroxyl groups is 8. The van der Waals surface area contributed by atoms with Crippen molar-refractivity contribution in [2.24, 2.45) is 17.2 Å². The Morgan fingerprint density at radius 3 is 1.67 bits per heavy atom. The quantitative estimate of drug-likeness (QED) is 0.106. The summed E-state index contributed by atoms with van der Waals surface area (Å²) < 4.78 is 34.5. The Bertz CT molecular complexity index is 949. The highest BCUT2D eigenvalue weighted by Crippen LogP contribution is 2.35. The zero-order valence-electron chi connectivity index (χ0n) is 23.5.